The first-order chi connectivity index (χ1) is 12.4. The van der Waals surface area contributed by atoms with Crippen molar-refractivity contribution < 1.29 is 13.3 Å². The topological polar surface area (TPSA) is 83.8 Å². The van der Waals surface area contributed by atoms with Gasteiger partial charge in [0.05, 0.1) is 4.92 Å². The monoisotopic (exact) mass is 381 g/mol. The summed E-state index contributed by atoms with van der Waals surface area (Å²) < 4.78 is 24.0. The quantitative estimate of drug-likeness (QED) is 0.589. The minimum atomic E-state index is -3.66. The minimum Gasteiger partial charge on any atom is -0.370 e. The zero-order valence-corrected chi connectivity index (χ0v) is 16.1. The van der Waals surface area contributed by atoms with Crippen molar-refractivity contribution in [2.24, 2.45) is 0 Å². The summed E-state index contributed by atoms with van der Waals surface area (Å²) in [5.41, 5.74) is 0.410. The van der Waals surface area contributed by atoms with Gasteiger partial charge in [0.15, 0.2) is 9.84 Å². The molecule has 0 saturated carbocycles. The number of sulfone groups is 1. The second-order valence-electron chi connectivity index (χ2n) is 7.37. The van der Waals surface area contributed by atoms with Crippen LogP contribution in [0.2, 0.25) is 0 Å². The van der Waals surface area contributed by atoms with E-state index in [0.29, 0.717) is 6.04 Å². The smallest absolute Gasteiger partial charge is 0.288 e. The average molecular weight is 381 g/mol. The second-order valence-corrected chi connectivity index (χ2v) is 9.36. The van der Waals surface area contributed by atoms with Crippen LogP contribution in [0.25, 0.3) is 0 Å². The summed E-state index contributed by atoms with van der Waals surface area (Å²) in [6.07, 6.45) is 8.31. The van der Waals surface area contributed by atoms with Gasteiger partial charge >= 0.3 is 0 Å². The molecule has 0 aromatic heterocycles. The van der Waals surface area contributed by atoms with E-state index in [1.54, 1.807) is 6.07 Å². The van der Waals surface area contributed by atoms with Crippen LogP contribution >= 0.6 is 0 Å². The molecule has 1 unspecified atom stereocenters. The van der Waals surface area contributed by atoms with Crippen LogP contribution < -0.4 is 4.90 Å². The van der Waals surface area contributed by atoms with Crippen molar-refractivity contribution in [2.75, 3.05) is 37.3 Å². The predicted molar refractivity (Wildman–Crippen MR) is 101 cm³/mol. The van der Waals surface area contributed by atoms with Crippen LogP contribution in [-0.2, 0) is 9.84 Å². The number of piperidine rings is 1. The third-order valence-electron chi connectivity index (χ3n) is 5.46. The number of nitro benzene ring substituents is 1. The Morgan fingerprint density at radius 3 is 2.38 bits per heavy atom. The Balaban J connectivity index is 1.83. The largest absolute Gasteiger partial charge is 0.370 e. The SMILES string of the molecule is CS(=O)(=O)c1cc(N2CCCC(N3CCCCCC3)C2)ccc1[N+](=O)[O-]. The van der Waals surface area contributed by atoms with Crippen molar-refractivity contribution in [1.82, 2.24) is 4.90 Å². The van der Waals surface area contributed by atoms with E-state index in [-0.39, 0.29) is 10.6 Å². The van der Waals surface area contributed by atoms with Gasteiger partial charge in [-0.15, -0.1) is 0 Å². The van der Waals surface area contributed by atoms with E-state index in [1.807, 2.05) is 0 Å². The third kappa shape index (κ3) is 4.35. The number of rotatable bonds is 4. The van der Waals surface area contributed by atoms with Crippen molar-refractivity contribution in [3.05, 3.63) is 28.3 Å². The van der Waals surface area contributed by atoms with E-state index in [0.717, 1.165) is 51.0 Å². The van der Waals surface area contributed by atoms with Gasteiger partial charge in [-0.3, -0.25) is 15.0 Å². The van der Waals surface area contributed by atoms with Gasteiger partial charge in [0, 0.05) is 37.1 Å². The Morgan fingerprint density at radius 2 is 1.77 bits per heavy atom. The lowest BCUT2D eigenvalue weighted by molar-refractivity contribution is -0.387. The third-order valence-corrected chi connectivity index (χ3v) is 6.58. The lowest BCUT2D eigenvalue weighted by Gasteiger charge is -2.40. The summed E-state index contributed by atoms with van der Waals surface area (Å²) in [5.74, 6) is 0. The van der Waals surface area contributed by atoms with E-state index >= 15 is 0 Å². The van der Waals surface area contributed by atoms with Crippen molar-refractivity contribution in [3.63, 3.8) is 0 Å². The van der Waals surface area contributed by atoms with Crippen LogP contribution in [0.3, 0.4) is 0 Å². The van der Waals surface area contributed by atoms with Gasteiger partial charge in [-0.2, -0.15) is 0 Å². The highest BCUT2D eigenvalue weighted by molar-refractivity contribution is 7.90. The van der Waals surface area contributed by atoms with Crippen LogP contribution in [0.5, 0.6) is 0 Å². The number of nitrogens with zero attached hydrogens (tertiary/aromatic N) is 3. The molecule has 3 rings (SSSR count). The van der Waals surface area contributed by atoms with Crippen LogP contribution in [0.15, 0.2) is 23.1 Å². The molecule has 8 heteroatoms. The molecule has 2 saturated heterocycles. The Bertz CT molecular complexity index is 758. The van der Waals surface area contributed by atoms with Crippen LogP contribution in [0.4, 0.5) is 11.4 Å². The molecule has 7 nitrogen and oxygen atoms in total. The fourth-order valence-electron chi connectivity index (χ4n) is 4.09. The van der Waals surface area contributed by atoms with Crippen molar-refractivity contribution in [3.8, 4) is 0 Å². The minimum absolute atomic E-state index is 0.197. The average Bonchev–Trinajstić information content (AvgIpc) is 2.90. The molecule has 0 bridgehead atoms. The number of likely N-dealkylation sites (tertiary alicyclic amines) is 1. The number of hydrogen-bond donors (Lipinski definition) is 0. The molecule has 0 spiro atoms. The van der Waals surface area contributed by atoms with Crippen molar-refractivity contribution in [1.29, 1.82) is 0 Å². The molecule has 0 amide bonds. The molecule has 0 N–H and O–H groups in total. The molecule has 1 aromatic rings. The van der Waals surface area contributed by atoms with Crippen LogP contribution in [-0.4, -0.2) is 56.7 Å². The van der Waals surface area contributed by atoms with Crippen LogP contribution in [0.1, 0.15) is 38.5 Å². The molecule has 2 aliphatic rings. The Kier molecular flexibility index (Phi) is 5.82. The van der Waals surface area contributed by atoms with Gasteiger partial charge in [0.2, 0.25) is 0 Å². The normalized spacial score (nSPS) is 22.8. The number of anilines is 1. The molecule has 2 heterocycles. The van der Waals surface area contributed by atoms with E-state index in [1.165, 1.54) is 37.8 Å². The Hall–Kier alpha value is -1.67. The summed E-state index contributed by atoms with van der Waals surface area (Å²) in [6.45, 7) is 3.97. The van der Waals surface area contributed by atoms with Gasteiger partial charge in [0.25, 0.3) is 5.69 Å². The standard InChI is InChI=1S/C18H27N3O4S/c1-26(24,25)18-13-15(8-9-17(18)21(22)23)20-12-6-7-16(14-20)19-10-4-2-3-5-11-19/h8-9,13,16H,2-7,10-12,14H2,1H3. The molecule has 0 radical (unpaired) electrons. The molecule has 2 fully saturated rings. The summed E-state index contributed by atoms with van der Waals surface area (Å²) in [6, 6.07) is 4.94. The maximum absolute atomic E-state index is 12.0. The Morgan fingerprint density at radius 1 is 1.08 bits per heavy atom. The summed E-state index contributed by atoms with van der Waals surface area (Å²) >= 11 is 0. The lowest BCUT2D eigenvalue weighted by Crippen LogP contribution is -2.48. The number of hydrogen-bond acceptors (Lipinski definition) is 6. The zero-order chi connectivity index (χ0) is 18.7. The van der Waals surface area contributed by atoms with Gasteiger partial charge in [0.1, 0.15) is 4.90 Å². The van der Waals surface area contributed by atoms with Crippen molar-refractivity contribution >= 4 is 21.2 Å². The molecule has 26 heavy (non-hydrogen) atoms. The second kappa shape index (κ2) is 7.92. The van der Waals surface area contributed by atoms with E-state index in [2.05, 4.69) is 9.80 Å². The van der Waals surface area contributed by atoms with Gasteiger partial charge in [-0.25, -0.2) is 8.42 Å². The maximum atomic E-state index is 12.0. The number of benzene rings is 1. The summed E-state index contributed by atoms with van der Waals surface area (Å²) in [4.78, 5) is 15.1. The van der Waals surface area contributed by atoms with Crippen LogP contribution in [0, 0.1) is 10.1 Å². The first-order valence-electron chi connectivity index (χ1n) is 9.34. The number of nitro groups is 1. The van der Waals surface area contributed by atoms with Crippen molar-refractivity contribution in [2.45, 2.75) is 49.5 Å². The van der Waals surface area contributed by atoms with Gasteiger partial charge in [-0.05, 0) is 50.9 Å². The molecule has 1 aromatic carbocycles. The molecule has 144 valence electrons. The van der Waals surface area contributed by atoms with Gasteiger partial charge < -0.3 is 4.90 Å². The fraction of sp³-hybridized carbons (Fsp3) is 0.667. The van der Waals surface area contributed by atoms with E-state index in [4.69, 9.17) is 0 Å². The molecular formula is C18H27N3O4S. The first-order valence-corrected chi connectivity index (χ1v) is 11.2. The molecule has 1 atom stereocenters. The summed E-state index contributed by atoms with van der Waals surface area (Å²) in [5, 5.41) is 11.2. The van der Waals surface area contributed by atoms with E-state index < -0.39 is 14.8 Å². The van der Waals surface area contributed by atoms with Gasteiger partial charge in [-0.1, -0.05) is 12.8 Å². The highest BCUT2D eigenvalue weighted by Gasteiger charge is 2.28. The Labute approximate surface area is 155 Å². The highest BCUT2D eigenvalue weighted by atomic mass is 32.2. The maximum Gasteiger partial charge on any atom is 0.288 e. The fourth-order valence-corrected chi connectivity index (χ4v) is 4.95. The molecule has 2 aliphatic heterocycles. The molecule has 0 aliphatic carbocycles. The zero-order valence-electron chi connectivity index (χ0n) is 15.3. The summed E-state index contributed by atoms with van der Waals surface area (Å²) in [7, 11) is -3.66. The highest BCUT2D eigenvalue weighted by Crippen LogP contribution is 2.31. The predicted octanol–water partition coefficient (Wildman–Crippen LogP) is 2.84. The molecular weight excluding hydrogens is 354 g/mol. The lowest BCUT2D eigenvalue weighted by atomic mass is 10.0. The first kappa shape index (κ1) is 19.1. The van der Waals surface area contributed by atoms with E-state index in [9.17, 15) is 18.5 Å².